The minimum Gasteiger partial charge on any atom is -0.481 e. The van der Waals surface area contributed by atoms with Crippen molar-refractivity contribution in [1.29, 1.82) is 0 Å². The van der Waals surface area contributed by atoms with Crippen LogP contribution in [0, 0.1) is 0 Å². The lowest BCUT2D eigenvalue weighted by Gasteiger charge is -2.18. The Morgan fingerprint density at radius 2 is 1.72 bits per heavy atom. The number of rotatable bonds is 9. The predicted octanol–water partition coefficient (Wildman–Crippen LogP) is 1.48. The summed E-state index contributed by atoms with van der Waals surface area (Å²) in [6.45, 7) is 0.0643. The smallest absolute Gasteiger partial charge is 0.319 e. The number of amides is 3. The van der Waals surface area contributed by atoms with Crippen molar-refractivity contribution in [2.45, 2.75) is 12.3 Å². The van der Waals surface area contributed by atoms with Gasteiger partial charge in [-0.05, 0) is 23.3 Å². The van der Waals surface area contributed by atoms with Crippen LogP contribution in [0.2, 0.25) is 0 Å². The molecule has 0 radical (unpaired) electrons. The van der Waals surface area contributed by atoms with Crippen LogP contribution in [0.15, 0.2) is 59.7 Å². The number of benzene rings is 2. The number of urea groups is 1. The van der Waals surface area contributed by atoms with E-state index in [1.54, 1.807) is 48.5 Å². The van der Waals surface area contributed by atoms with E-state index in [0.29, 0.717) is 11.3 Å². The van der Waals surface area contributed by atoms with Crippen molar-refractivity contribution in [2.75, 3.05) is 18.4 Å². The molecule has 2 rings (SSSR count). The lowest BCUT2D eigenvalue weighted by atomic mass is 9.98. The summed E-state index contributed by atoms with van der Waals surface area (Å²) in [5, 5.41) is 20.1. The Kier molecular flexibility index (Phi) is 8.18. The average molecular weight is 397 g/mol. The summed E-state index contributed by atoms with van der Waals surface area (Å²) in [5.41, 5.74) is 2.07. The number of carboxylic acids is 1. The number of carbonyl (C=O) groups excluding carboxylic acids is 2. The van der Waals surface area contributed by atoms with E-state index in [-0.39, 0.29) is 25.4 Å². The van der Waals surface area contributed by atoms with Crippen LogP contribution >= 0.6 is 0 Å². The van der Waals surface area contributed by atoms with E-state index in [0.717, 1.165) is 5.56 Å². The topological polar surface area (TPSA) is 146 Å². The van der Waals surface area contributed by atoms with E-state index in [1.165, 1.54) is 6.21 Å². The van der Waals surface area contributed by atoms with Gasteiger partial charge in [-0.25, -0.2) is 4.79 Å². The van der Waals surface area contributed by atoms with Crippen molar-refractivity contribution in [1.82, 2.24) is 10.6 Å². The number of hydrogen-bond acceptors (Lipinski definition) is 5. The Bertz CT molecular complexity index is 853. The Balaban J connectivity index is 1.96. The number of carboxylic acid groups (broad SMARTS) is 1. The first kappa shape index (κ1) is 21.4. The average Bonchev–Trinajstić information content (AvgIpc) is 2.70. The Morgan fingerprint density at radius 3 is 2.34 bits per heavy atom. The first-order valence-corrected chi connectivity index (χ1v) is 8.92. The van der Waals surface area contributed by atoms with E-state index < -0.39 is 17.9 Å². The summed E-state index contributed by atoms with van der Waals surface area (Å²) in [6, 6.07) is 15.4. The van der Waals surface area contributed by atoms with Crippen molar-refractivity contribution in [2.24, 2.45) is 10.9 Å². The third-order valence-electron chi connectivity index (χ3n) is 4.02. The molecule has 0 spiro atoms. The molecular weight excluding hydrogens is 374 g/mol. The van der Waals surface area contributed by atoms with Crippen LogP contribution in [0.4, 0.5) is 10.5 Å². The minimum absolute atomic E-state index is 0.0160. The molecular formula is C20H23N5O4. The monoisotopic (exact) mass is 397 g/mol. The van der Waals surface area contributed by atoms with Gasteiger partial charge in [0.1, 0.15) is 0 Å². The molecule has 0 fully saturated rings. The van der Waals surface area contributed by atoms with Crippen LogP contribution in [-0.2, 0) is 9.59 Å². The number of nitrogens with zero attached hydrogens (tertiary/aromatic N) is 1. The molecule has 1 unspecified atom stereocenters. The van der Waals surface area contributed by atoms with E-state index in [1.807, 2.05) is 6.07 Å². The maximum absolute atomic E-state index is 12.5. The second-order valence-electron chi connectivity index (χ2n) is 6.13. The highest BCUT2D eigenvalue weighted by Gasteiger charge is 2.21. The number of hydrazone groups is 1. The van der Waals surface area contributed by atoms with Gasteiger partial charge in [0.25, 0.3) is 0 Å². The van der Waals surface area contributed by atoms with Crippen molar-refractivity contribution < 1.29 is 19.5 Å². The van der Waals surface area contributed by atoms with E-state index in [4.69, 9.17) is 10.9 Å². The van der Waals surface area contributed by atoms with Gasteiger partial charge in [0, 0.05) is 18.8 Å². The molecule has 2 aromatic rings. The number of carbonyl (C=O) groups is 3. The van der Waals surface area contributed by atoms with Gasteiger partial charge in [-0.15, -0.1) is 0 Å². The third kappa shape index (κ3) is 7.33. The molecule has 3 amide bonds. The van der Waals surface area contributed by atoms with Gasteiger partial charge in [-0.2, -0.15) is 5.10 Å². The van der Waals surface area contributed by atoms with Gasteiger partial charge in [0.15, 0.2) is 0 Å². The fraction of sp³-hybridized carbons (Fsp3) is 0.200. The van der Waals surface area contributed by atoms with Crippen molar-refractivity contribution in [3.05, 3.63) is 65.7 Å². The lowest BCUT2D eigenvalue weighted by molar-refractivity contribution is -0.136. The van der Waals surface area contributed by atoms with Gasteiger partial charge >= 0.3 is 12.0 Å². The first-order valence-electron chi connectivity index (χ1n) is 8.92. The second-order valence-corrected chi connectivity index (χ2v) is 6.13. The van der Waals surface area contributed by atoms with Crippen LogP contribution in [0.1, 0.15) is 23.5 Å². The molecule has 0 aromatic heterocycles. The Hall–Kier alpha value is -3.88. The van der Waals surface area contributed by atoms with Gasteiger partial charge < -0.3 is 26.9 Å². The fourth-order valence-electron chi connectivity index (χ4n) is 2.57. The van der Waals surface area contributed by atoms with Gasteiger partial charge in [0.05, 0.1) is 18.6 Å². The SMILES string of the molecule is NN=Cc1ccc(NC(=O)NCC(C(=O)NCCC(=O)O)c2ccccc2)cc1. The fourth-order valence-corrected chi connectivity index (χ4v) is 2.57. The summed E-state index contributed by atoms with van der Waals surface area (Å²) in [4.78, 5) is 35.3. The molecule has 9 heteroatoms. The van der Waals surface area contributed by atoms with E-state index in [2.05, 4.69) is 21.1 Å². The molecule has 152 valence electrons. The Morgan fingerprint density at radius 1 is 1.03 bits per heavy atom. The number of hydrogen-bond donors (Lipinski definition) is 5. The summed E-state index contributed by atoms with van der Waals surface area (Å²) < 4.78 is 0. The molecule has 0 aliphatic rings. The van der Waals surface area contributed by atoms with Gasteiger partial charge in [-0.3, -0.25) is 9.59 Å². The lowest BCUT2D eigenvalue weighted by Crippen LogP contribution is -2.39. The molecule has 0 heterocycles. The van der Waals surface area contributed by atoms with Gasteiger partial charge in [-0.1, -0.05) is 42.5 Å². The van der Waals surface area contributed by atoms with Crippen molar-refractivity contribution in [3.63, 3.8) is 0 Å². The molecule has 0 aliphatic carbocycles. The summed E-state index contributed by atoms with van der Waals surface area (Å²) in [5.74, 6) is 3.08. The third-order valence-corrected chi connectivity index (χ3v) is 4.02. The normalized spacial score (nSPS) is 11.6. The highest BCUT2D eigenvalue weighted by Crippen LogP contribution is 2.15. The van der Waals surface area contributed by atoms with Crippen LogP contribution in [-0.4, -0.2) is 42.3 Å². The molecule has 2 aromatic carbocycles. The van der Waals surface area contributed by atoms with Crippen LogP contribution in [0.25, 0.3) is 0 Å². The molecule has 9 nitrogen and oxygen atoms in total. The Labute approximate surface area is 168 Å². The first-order chi connectivity index (χ1) is 14.0. The highest BCUT2D eigenvalue weighted by atomic mass is 16.4. The number of nitrogens with two attached hydrogens (primary N) is 1. The zero-order valence-electron chi connectivity index (χ0n) is 15.7. The van der Waals surface area contributed by atoms with Gasteiger partial charge in [0.2, 0.25) is 5.91 Å². The molecule has 0 saturated carbocycles. The number of aliphatic carboxylic acids is 1. The zero-order valence-corrected chi connectivity index (χ0v) is 15.7. The second kappa shape index (κ2) is 11.1. The molecule has 0 saturated heterocycles. The summed E-state index contributed by atoms with van der Waals surface area (Å²) >= 11 is 0. The molecule has 0 aliphatic heterocycles. The van der Waals surface area contributed by atoms with Crippen LogP contribution < -0.4 is 21.8 Å². The largest absolute Gasteiger partial charge is 0.481 e. The minimum atomic E-state index is -0.997. The molecule has 0 bridgehead atoms. The van der Waals surface area contributed by atoms with E-state index in [9.17, 15) is 14.4 Å². The molecule has 1 atom stereocenters. The van der Waals surface area contributed by atoms with Crippen molar-refractivity contribution in [3.8, 4) is 0 Å². The van der Waals surface area contributed by atoms with Crippen LogP contribution in [0.3, 0.4) is 0 Å². The quantitative estimate of drug-likeness (QED) is 0.247. The molecule has 6 N–H and O–H groups in total. The van der Waals surface area contributed by atoms with Crippen molar-refractivity contribution >= 4 is 29.8 Å². The molecule has 29 heavy (non-hydrogen) atoms. The maximum atomic E-state index is 12.5. The zero-order chi connectivity index (χ0) is 21.1. The number of nitrogens with one attached hydrogen (secondary N) is 3. The maximum Gasteiger partial charge on any atom is 0.319 e. The van der Waals surface area contributed by atoms with Crippen LogP contribution in [0.5, 0.6) is 0 Å². The number of anilines is 1. The van der Waals surface area contributed by atoms with E-state index >= 15 is 0 Å². The summed E-state index contributed by atoms with van der Waals surface area (Å²) in [7, 11) is 0. The summed E-state index contributed by atoms with van der Waals surface area (Å²) in [6.07, 6.45) is 1.31. The predicted molar refractivity (Wildman–Crippen MR) is 110 cm³/mol. The highest BCUT2D eigenvalue weighted by molar-refractivity contribution is 5.91. The standard InChI is InChI=1S/C20H23N5O4/c21-24-12-14-6-8-16(9-7-14)25-20(29)23-13-17(15-4-2-1-3-5-15)19(28)22-11-10-18(26)27/h1-9,12,17H,10-11,13,21H2,(H,22,28)(H,26,27)(H2,23,25,29).